The Balaban J connectivity index is 2.79. The highest BCUT2D eigenvalue weighted by molar-refractivity contribution is 5.34. The maximum atomic E-state index is 9.82. The van der Waals surface area contributed by atoms with Crippen molar-refractivity contribution >= 4 is 0 Å². The molecule has 0 radical (unpaired) electrons. The van der Waals surface area contributed by atoms with Crippen LogP contribution in [0.1, 0.15) is 44.7 Å². The lowest BCUT2D eigenvalue weighted by Gasteiger charge is -2.23. The quantitative estimate of drug-likeness (QED) is 0.792. The monoisotopic (exact) mass is 232 g/mol. The summed E-state index contributed by atoms with van der Waals surface area (Å²) in [7, 11) is 0. The Morgan fingerprint density at radius 2 is 2.00 bits per heavy atom. The second kappa shape index (κ2) is 6.93. The van der Waals surface area contributed by atoms with E-state index in [-0.39, 0.29) is 12.1 Å². The molecule has 0 aliphatic heterocycles. The SMILES string of the molecule is CCC(CC#N)NC(CC)c1ccccc1O. The highest BCUT2D eigenvalue weighted by Crippen LogP contribution is 2.26. The van der Waals surface area contributed by atoms with Gasteiger partial charge in [0.1, 0.15) is 5.75 Å². The van der Waals surface area contributed by atoms with Crippen molar-refractivity contribution in [2.75, 3.05) is 0 Å². The third-order valence-electron chi connectivity index (χ3n) is 2.99. The number of para-hydroxylation sites is 1. The molecule has 1 aromatic carbocycles. The van der Waals surface area contributed by atoms with Gasteiger partial charge in [0.05, 0.1) is 12.5 Å². The fourth-order valence-electron chi connectivity index (χ4n) is 1.93. The fourth-order valence-corrected chi connectivity index (χ4v) is 1.93. The molecule has 0 aromatic heterocycles. The maximum absolute atomic E-state index is 9.82. The fraction of sp³-hybridized carbons (Fsp3) is 0.500. The van der Waals surface area contributed by atoms with Crippen molar-refractivity contribution in [3.8, 4) is 11.8 Å². The van der Waals surface area contributed by atoms with Gasteiger partial charge in [-0.3, -0.25) is 0 Å². The van der Waals surface area contributed by atoms with Gasteiger partial charge in [0.15, 0.2) is 0 Å². The summed E-state index contributed by atoms with van der Waals surface area (Å²) in [5.41, 5.74) is 0.909. The lowest BCUT2D eigenvalue weighted by molar-refractivity contribution is 0.399. The zero-order valence-corrected chi connectivity index (χ0v) is 10.5. The van der Waals surface area contributed by atoms with Crippen LogP contribution >= 0.6 is 0 Å². The Morgan fingerprint density at radius 3 is 2.53 bits per heavy atom. The van der Waals surface area contributed by atoms with Gasteiger partial charge in [0.2, 0.25) is 0 Å². The molecule has 2 unspecified atom stereocenters. The van der Waals surface area contributed by atoms with Crippen LogP contribution in [0.15, 0.2) is 24.3 Å². The minimum absolute atomic E-state index is 0.106. The number of nitrogens with zero attached hydrogens (tertiary/aromatic N) is 1. The van der Waals surface area contributed by atoms with Crippen molar-refractivity contribution in [1.82, 2.24) is 5.32 Å². The van der Waals surface area contributed by atoms with Crippen LogP contribution in [-0.2, 0) is 0 Å². The number of aromatic hydroxyl groups is 1. The van der Waals surface area contributed by atoms with E-state index >= 15 is 0 Å². The maximum Gasteiger partial charge on any atom is 0.120 e. The molecule has 1 aromatic rings. The average molecular weight is 232 g/mol. The Kier molecular flexibility index (Phi) is 5.51. The van der Waals surface area contributed by atoms with E-state index in [1.807, 2.05) is 18.2 Å². The van der Waals surface area contributed by atoms with Gasteiger partial charge < -0.3 is 10.4 Å². The van der Waals surface area contributed by atoms with Crippen molar-refractivity contribution in [2.45, 2.75) is 45.2 Å². The molecule has 0 spiro atoms. The van der Waals surface area contributed by atoms with E-state index < -0.39 is 0 Å². The molecule has 17 heavy (non-hydrogen) atoms. The second-order valence-corrected chi connectivity index (χ2v) is 4.15. The minimum Gasteiger partial charge on any atom is -0.508 e. The van der Waals surface area contributed by atoms with E-state index in [9.17, 15) is 5.11 Å². The first-order valence-corrected chi connectivity index (χ1v) is 6.13. The zero-order chi connectivity index (χ0) is 12.7. The first kappa shape index (κ1) is 13.5. The average Bonchev–Trinajstić information content (AvgIpc) is 2.35. The molecule has 0 bridgehead atoms. The Bertz CT molecular complexity index is 384. The Morgan fingerprint density at radius 1 is 1.29 bits per heavy atom. The number of phenolic OH excluding ortho intramolecular Hbond substituents is 1. The van der Waals surface area contributed by atoms with Gasteiger partial charge in [-0.05, 0) is 18.9 Å². The number of nitriles is 1. The number of hydrogen-bond donors (Lipinski definition) is 2. The summed E-state index contributed by atoms with van der Waals surface area (Å²) in [6, 6.07) is 9.84. The van der Waals surface area contributed by atoms with Crippen LogP contribution in [0.3, 0.4) is 0 Å². The number of rotatable bonds is 6. The summed E-state index contributed by atoms with van der Waals surface area (Å²) in [5.74, 6) is 0.318. The van der Waals surface area contributed by atoms with Crippen molar-refractivity contribution in [3.05, 3.63) is 29.8 Å². The molecule has 0 saturated carbocycles. The number of benzene rings is 1. The zero-order valence-electron chi connectivity index (χ0n) is 10.5. The normalized spacial score (nSPS) is 13.9. The van der Waals surface area contributed by atoms with Gasteiger partial charge in [-0.2, -0.15) is 5.26 Å². The molecule has 0 amide bonds. The third kappa shape index (κ3) is 3.76. The molecule has 3 nitrogen and oxygen atoms in total. The topological polar surface area (TPSA) is 56.0 Å². The van der Waals surface area contributed by atoms with Gasteiger partial charge in [-0.1, -0.05) is 32.0 Å². The van der Waals surface area contributed by atoms with E-state index in [1.165, 1.54) is 0 Å². The Hall–Kier alpha value is -1.53. The standard InChI is InChI=1S/C14H20N2O/c1-3-11(9-10-15)16-13(4-2)12-7-5-6-8-14(12)17/h5-8,11,13,16-17H,3-4,9H2,1-2H3. The molecule has 3 heteroatoms. The van der Waals surface area contributed by atoms with Crippen LogP contribution in [-0.4, -0.2) is 11.1 Å². The molecule has 2 atom stereocenters. The summed E-state index contributed by atoms with van der Waals surface area (Å²) >= 11 is 0. The van der Waals surface area contributed by atoms with Crippen molar-refractivity contribution in [3.63, 3.8) is 0 Å². The van der Waals surface area contributed by atoms with Crippen LogP contribution in [0.25, 0.3) is 0 Å². The molecular weight excluding hydrogens is 212 g/mol. The summed E-state index contributed by atoms with van der Waals surface area (Å²) in [5, 5.41) is 22.0. The summed E-state index contributed by atoms with van der Waals surface area (Å²) in [4.78, 5) is 0. The molecule has 0 aliphatic carbocycles. The van der Waals surface area contributed by atoms with Gasteiger partial charge in [0, 0.05) is 17.6 Å². The first-order valence-electron chi connectivity index (χ1n) is 6.13. The van der Waals surface area contributed by atoms with E-state index in [4.69, 9.17) is 5.26 Å². The predicted octanol–water partition coefficient (Wildman–Crippen LogP) is 3.13. The number of nitrogens with one attached hydrogen (secondary N) is 1. The lowest BCUT2D eigenvalue weighted by Crippen LogP contribution is -2.31. The van der Waals surface area contributed by atoms with Crippen molar-refractivity contribution in [2.24, 2.45) is 0 Å². The number of hydrogen-bond acceptors (Lipinski definition) is 3. The van der Waals surface area contributed by atoms with Gasteiger partial charge >= 0.3 is 0 Å². The van der Waals surface area contributed by atoms with Gasteiger partial charge in [0.25, 0.3) is 0 Å². The molecular formula is C14H20N2O. The third-order valence-corrected chi connectivity index (χ3v) is 2.99. The smallest absolute Gasteiger partial charge is 0.120 e. The van der Waals surface area contributed by atoms with Crippen LogP contribution in [0.5, 0.6) is 5.75 Å². The lowest BCUT2D eigenvalue weighted by atomic mass is 10.0. The Labute approximate surface area is 103 Å². The van der Waals surface area contributed by atoms with E-state index in [1.54, 1.807) is 6.07 Å². The second-order valence-electron chi connectivity index (χ2n) is 4.15. The largest absolute Gasteiger partial charge is 0.508 e. The first-order chi connectivity index (χ1) is 8.22. The van der Waals surface area contributed by atoms with Crippen LogP contribution < -0.4 is 5.32 Å². The van der Waals surface area contributed by atoms with Crippen LogP contribution in [0.4, 0.5) is 0 Å². The van der Waals surface area contributed by atoms with Gasteiger partial charge in [-0.15, -0.1) is 0 Å². The van der Waals surface area contributed by atoms with Crippen LogP contribution in [0.2, 0.25) is 0 Å². The van der Waals surface area contributed by atoms with Crippen molar-refractivity contribution in [1.29, 1.82) is 5.26 Å². The van der Waals surface area contributed by atoms with Crippen LogP contribution in [0, 0.1) is 11.3 Å². The summed E-state index contributed by atoms with van der Waals surface area (Å²) < 4.78 is 0. The predicted molar refractivity (Wildman–Crippen MR) is 68.6 cm³/mol. The van der Waals surface area contributed by atoms with E-state index in [0.29, 0.717) is 12.2 Å². The number of phenols is 1. The van der Waals surface area contributed by atoms with Gasteiger partial charge in [-0.25, -0.2) is 0 Å². The molecule has 2 N–H and O–H groups in total. The molecule has 0 aliphatic rings. The van der Waals surface area contributed by atoms with E-state index in [2.05, 4.69) is 25.2 Å². The van der Waals surface area contributed by atoms with Crippen molar-refractivity contribution < 1.29 is 5.11 Å². The highest BCUT2D eigenvalue weighted by Gasteiger charge is 2.16. The highest BCUT2D eigenvalue weighted by atomic mass is 16.3. The molecule has 0 fully saturated rings. The molecule has 0 saturated heterocycles. The molecule has 92 valence electrons. The summed E-state index contributed by atoms with van der Waals surface area (Å²) in [6.45, 7) is 4.13. The molecule has 1 rings (SSSR count). The van der Waals surface area contributed by atoms with E-state index in [0.717, 1.165) is 18.4 Å². The minimum atomic E-state index is 0.106. The molecule has 0 heterocycles. The summed E-state index contributed by atoms with van der Waals surface area (Å²) in [6.07, 6.45) is 2.30.